The fourth-order valence-corrected chi connectivity index (χ4v) is 3.21. The number of anilines is 1. The van der Waals surface area contributed by atoms with Crippen LogP contribution in [0, 0.1) is 11.8 Å². The average Bonchev–Trinajstić information content (AvgIpc) is 2.60. The zero-order valence-corrected chi connectivity index (χ0v) is 16.4. The van der Waals surface area contributed by atoms with E-state index in [1.54, 1.807) is 0 Å². The average molecular weight is 361 g/mol. The van der Waals surface area contributed by atoms with Crippen molar-refractivity contribution in [2.24, 2.45) is 11.8 Å². The molecule has 0 aliphatic carbocycles. The molecule has 1 aromatic rings. The van der Waals surface area contributed by atoms with E-state index in [-0.39, 0.29) is 17.9 Å². The zero-order chi connectivity index (χ0) is 19.1. The van der Waals surface area contributed by atoms with Gasteiger partial charge in [-0.05, 0) is 24.0 Å². The summed E-state index contributed by atoms with van der Waals surface area (Å²) < 4.78 is 0. The second kappa shape index (κ2) is 9.57. The van der Waals surface area contributed by atoms with Crippen LogP contribution in [0.2, 0.25) is 0 Å². The first kappa shape index (κ1) is 20.2. The highest BCUT2D eigenvalue weighted by Crippen LogP contribution is 2.12. The van der Waals surface area contributed by atoms with Gasteiger partial charge in [-0.3, -0.25) is 9.69 Å². The zero-order valence-electron chi connectivity index (χ0n) is 16.4. The molecule has 0 saturated carbocycles. The Morgan fingerprint density at radius 2 is 1.62 bits per heavy atom. The molecule has 0 spiro atoms. The van der Waals surface area contributed by atoms with E-state index in [2.05, 4.69) is 29.4 Å². The maximum absolute atomic E-state index is 12.9. The Bertz CT molecular complexity index is 581. The molecule has 1 fully saturated rings. The van der Waals surface area contributed by atoms with Crippen LogP contribution in [0.5, 0.6) is 0 Å². The molecular weight excluding hydrogens is 328 g/mol. The minimum Gasteiger partial charge on any atom is -0.338 e. The predicted octanol–water partition coefficient (Wildman–Crippen LogP) is 2.63. The van der Waals surface area contributed by atoms with Crippen molar-refractivity contribution in [1.29, 1.82) is 0 Å². The van der Waals surface area contributed by atoms with Crippen LogP contribution in [0.15, 0.2) is 30.3 Å². The van der Waals surface area contributed by atoms with Crippen molar-refractivity contribution in [3.63, 3.8) is 0 Å². The quantitative estimate of drug-likeness (QED) is 0.820. The number of urea groups is 1. The van der Waals surface area contributed by atoms with Crippen molar-refractivity contribution in [3.8, 4) is 0 Å². The molecule has 1 aromatic carbocycles. The van der Waals surface area contributed by atoms with E-state index < -0.39 is 6.04 Å². The van der Waals surface area contributed by atoms with Crippen molar-refractivity contribution in [1.82, 2.24) is 15.1 Å². The first-order valence-corrected chi connectivity index (χ1v) is 9.50. The van der Waals surface area contributed by atoms with E-state index in [0.29, 0.717) is 11.6 Å². The molecule has 0 bridgehead atoms. The van der Waals surface area contributed by atoms with Gasteiger partial charge in [-0.1, -0.05) is 45.9 Å². The fraction of sp³-hybridized carbons (Fsp3) is 0.600. The molecule has 2 rings (SSSR count). The minimum atomic E-state index is -0.518. The number of hydrogen-bond donors (Lipinski definition) is 2. The molecule has 2 N–H and O–H groups in total. The number of piperazine rings is 1. The molecule has 6 nitrogen and oxygen atoms in total. The van der Waals surface area contributed by atoms with Gasteiger partial charge >= 0.3 is 6.03 Å². The van der Waals surface area contributed by atoms with Gasteiger partial charge in [0.15, 0.2) is 0 Å². The third kappa shape index (κ3) is 6.02. The lowest BCUT2D eigenvalue weighted by Crippen LogP contribution is -2.57. The second-order valence-corrected chi connectivity index (χ2v) is 7.71. The molecule has 6 heteroatoms. The summed E-state index contributed by atoms with van der Waals surface area (Å²) in [5, 5.41) is 5.64. The maximum atomic E-state index is 12.9. The third-order valence-electron chi connectivity index (χ3n) is 4.56. The summed E-state index contributed by atoms with van der Waals surface area (Å²) in [6.07, 6.45) is 0. The van der Waals surface area contributed by atoms with Crippen LogP contribution in [0.3, 0.4) is 0 Å². The van der Waals surface area contributed by atoms with Gasteiger partial charge in [0.05, 0.1) is 0 Å². The van der Waals surface area contributed by atoms with Crippen molar-refractivity contribution in [3.05, 3.63) is 30.3 Å². The predicted molar refractivity (Wildman–Crippen MR) is 105 cm³/mol. The Balaban J connectivity index is 1.90. The SMILES string of the molecule is CC(C)CN1CCN(C(=O)[C@@H](NC(=O)Nc2ccccc2)C(C)C)CC1. The van der Waals surface area contributed by atoms with Gasteiger partial charge in [-0.15, -0.1) is 0 Å². The molecule has 1 heterocycles. The Kier molecular flexibility index (Phi) is 7.45. The largest absolute Gasteiger partial charge is 0.338 e. The Morgan fingerprint density at radius 1 is 1.00 bits per heavy atom. The molecule has 0 aromatic heterocycles. The van der Waals surface area contributed by atoms with Crippen LogP contribution >= 0.6 is 0 Å². The summed E-state index contributed by atoms with van der Waals surface area (Å²) >= 11 is 0. The molecule has 1 aliphatic rings. The number of amides is 3. The Morgan fingerprint density at radius 3 is 2.15 bits per heavy atom. The normalized spacial score (nSPS) is 16.6. The highest BCUT2D eigenvalue weighted by molar-refractivity contribution is 5.93. The lowest BCUT2D eigenvalue weighted by atomic mass is 10.0. The van der Waals surface area contributed by atoms with Gasteiger partial charge < -0.3 is 15.5 Å². The summed E-state index contributed by atoms with van der Waals surface area (Å²) in [6.45, 7) is 12.6. The number of para-hydroxylation sites is 1. The van der Waals surface area contributed by atoms with Crippen LogP contribution in [-0.4, -0.2) is 60.5 Å². The smallest absolute Gasteiger partial charge is 0.319 e. The Labute approximate surface area is 156 Å². The molecule has 3 amide bonds. The molecular formula is C20H32N4O2. The molecule has 0 radical (unpaired) electrons. The number of carbonyl (C=O) groups excluding carboxylic acids is 2. The standard InChI is InChI=1S/C20H32N4O2/c1-15(2)14-23-10-12-24(13-11-23)19(25)18(16(3)4)22-20(26)21-17-8-6-5-7-9-17/h5-9,15-16,18H,10-14H2,1-4H3,(H2,21,22,26)/t18-/m0/s1. The summed E-state index contributed by atoms with van der Waals surface area (Å²) in [6, 6.07) is 8.38. The second-order valence-electron chi connectivity index (χ2n) is 7.71. The third-order valence-corrected chi connectivity index (χ3v) is 4.56. The van der Waals surface area contributed by atoms with E-state index in [4.69, 9.17) is 0 Å². The van der Waals surface area contributed by atoms with Crippen LogP contribution in [-0.2, 0) is 4.79 Å². The maximum Gasteiger partial charge on any atom is 0.319 e. The molecule has 0 unspecified atom stereocenters. The number of hydrogen-bond acceptors (Lipinski definition) is 3. The van der Waals surface area contributed by atoms with Gasteiger partial charge in [-0.2, -0.15) is 0 Å². The highest BCUT2D eigenvalue weighted by atomic mass is 16.2. The lowest BCUT2D eigenvalue weighted by molar-refractivity contribution is -0.136. The van der Waals surface area contributed by atoms with Gasteiger partial charge in [0.1, 0.15) is 6.04 Å². The van der Waals surface area contributed by atoms with Crippen LogP contribution < -0.4 is 10.6 Å². The highest BCUT2D eigenvalue weighted by Gasteiger charge is 2.30. The van der Waals surface area contributed by atoms with E-state index >= 15 is 0 Å². The summed E-state index contributed by atoms with van der Waals surface area (Å²) in [4.78, 5) is 29.5. The van der Waals surface area contributed by atoms with Crippen molar-refractivity contribution < 1.29 is 9.59 Å². The lowest BCUT2D eigenvalue weighted by Gasteiger charge is -2.37. The molecule has 1 aliphatic heterocycles. The molecule has 1 saturated heterocycles. The fourth-order valence-electron chi connectivity index (χ4n) is 3.21. The van der Waals surface area contributed by atoms with Crippen LogP contribution in [0.4, 0.5) is 10.5 Å². The summed E-state index contributed by atoms with van der Waals surface area (Å²) in [5.41, 5.74) is 0.710. The van der Waals surface area contributed by atoms with Crippen LogP contribution in [0.25, 0.3) is 0 Å². The minimum absolute atomic E-state index is 0.00686. The van der Waals surface area contributed by atoms with Crippen molar-refractivity contribution >= 4 is 17.6 Å². The van der Waals surface area contributed by atoms with E-state index in [1.807, 2.05) is 49.1 Å². The number of nitrogens with one attached hydrogen (secondary N) is 2. The van der Waals surface area contributed by atoms with Crippen molar-refractivity contribution in [2.75, 3.05) is 38.0 Å². The molecule has 144 valence electrons. The van der Waals surface area contributed by atoms with Gasteiger partial charge in [0.25, 0.3) is 0 Å². The van der Waals surface area contributed by atoms with E-state index in [9.17, 15) is 9.59 Å². The summed E-state index contributed by atoms with van der Waals surface area (Å²) in [7, 11) is 0. The van der Waals surface area contributed by atoms with Gasteiger partial charge in [0, 0.05) is 38.4 Å². The molecule has 1 atom stereocenters. The monoisotopic (exact) mass is 360 g/mol. The van der Waals surface area contributed by atoms with Gasteiger partial charge in [-0.25, -0.2) is 4.79 Å². The number of carbonyl (C=O) groups is 2. The van der Waals surface area contributed by atoms with E-state index in [0.717, 1.165) is 32.7 Å². The number of nitrogens with zero attached hydrogens (tertiary/aromatic N) is 2. The summed E-state index contributed by atoms with van der Waals surface area (Å²) in [5.74, 6) is 0.661. The molecule has 26 heavy (non-hydrogen) atoms. The number of rotatable bonds is 6. The Hall–Kier alpha value is -2.08. The van der Waals surface area contributed by atoms with E-state index in [1.165, 1.54) is 0 Å². The van der Waals surface area contributed by atoms with Gasteiger partial charge in [0.2, 0.25) is 5.91 Å². The van der Waals surface area contributed by atoms with Crippen molar-refractivity contribution in [2.45, 2.75) is 33.7 Å². The first-order valence-electron chi connectivity index (χ1n) is 9.50. The topological polar surface area (TPSA) is 64.7 Å². The first-order chi connectivity index (χ1) is 12.4. The van der Waals surface area contributed by atoms with Crippen LogP contribution in [0.1, 0.15) is 27.7 Å². The number of benzene rings is 1.